The van der Waals surface area contributed by atoms with Crippen molar-refractivity contribution in [3.8, 4) is 6.07 Å². The fraction of sp³-hybridized carbons (Fsp3) is 0.269. The van der Waals surface area contributed by atoms with E-state index >= 15 is 0 Å². The van der Waals surface area contributed by atoms with Gasteiger partial charge in [0.25, 0.3) is 0 Å². The second-order valence-corrected chi connectivity index (χ2v) is 8.09. The fourth-order valence-corrected chi connectivity index (χ4v) is 5.12. The number of para-hydroxylation sites is 1. The number of nitrogens with zero attached hydrogens (tertiary/aromatic N) is 2. The summed E-state index contributed by atoms with van der Waals surface area (Å²) >= 11 is 0. The average molecular weight is 380 g/mol. The summed E-state index contributed by atoms with van der Waals surface area (Å²) in [6.45, 7) is 1.96. The summed E-state index contributed by atoms with van der Waals surface area (Å²) < 4.78 is 0. The van der Waals surface area contributed by atoms with E-state index in [2.05, 4.69) is 83.0 Å². The van der Waals surface area contributed by atoms with Crippen molar-refractivity contribution in [1.82, 2.24) is 4.90 Å². The summed E-state index contributed by atoms with van der Waals surface area (Å²) in [6, 6.07) is 32.8. The fourth-order valence-electron chi connectivity index (χ4n) is 5.12. The van der Waals surface area contributed by atoms with Crippen LogP contribution in [0.4, 0.5) is 5.69 Å². The lowest BCUT2D eigenvalue weighted by atomic mass is 9.74. The van der Waals surface area contributed by atoms with E-state index in [0.29, 0.717) is 5.92 Å². The molecule has 1 saturated heterocycles. The van der Waals surface area contributed by atoms with Crippen molar-refractivity contribution in [2.24, 2.45) is 5.92 Å². The van der Waals surface area contributed by atoms with Gasteiger partial charge in [0.15, 0.2) is 0 Å². The second kappa shape index (κ2) is 7.73. The summed E-state index contributed by atoms with van der Waals surface area (Å²) in [6.07, 6.45) is 0.904. The first kappa shape index (κ1) is 18.0. The molecule has 144 valence electrons. The van der Waals surface area contributed by atoms with E-state index in [1.807, 2.05) is 18.2 Å². The molecule has 1 fully saturated rings. The van der Waals surface area contributed by atoms with Crippen LogP contribution in [0.2, 0.25) is 0 Å². The minimum Gasteiger partial charge on any atom is -0.379 e. The van der Waals surface area contributed by atoms with Crippen LogP contribution in [0.15, 0.2) is 84.9 Å². The van der Waals surface area contributed by atoms with Gasteiger partial charge in [0.2, 0.25) is 0 Å². The number of benzene rings is 3. The standard InChI is InChI=1S/C26H25N3/c27-17-20-15-16-29-18-24(19-9-3-1-4-10-19)22-13-7-8-14-23(22)26(29)25(20)28-21-11-5-2-6-12-21/h1-14,20,24-26,28H,15-16,18H2. The van der Waals surface area contributed by atoms with Crippen LogP contribution in [0.5, 0.6) is 0 Å². The largest absolute Gasteiger partial charge is 0.379 e. The van der Waals surface area contributed by atoms with Gasteiger partial charge in [-0.3, -0.25) is 4.90 Å². The minimum absolute atomic E-state index is 0.00205. The molecule has 5 rings (SSSR count). The van der Waals surface area contributed by atoms with Crippen LogP contribution in [0.25, 0.3) is 0 Å². The Kier molecular flexibility index (Phi) is 4.79. The Balaban J connectivity index is 1.57. The molecular weight excluding hydrogens is 354 g/mol. The van der Waals surface area contributed by atoms with E-state index < -0.39 is 0 Å². The van der Waals surface area contributed by atoms with Gasteiger partial charge in [0, 0.05) is 24.7 Å². The molecule has 1 N–H and O–H groups in total. The topological polar surface area (TPSA) is 39.1 Å². The Morgan fingerprint density at radius 1 is 0.828 bits per heavy atom. The SMILES string of the molecule is N#CC1CCN2CC(c3ccccc3)c3ccccc3C2C1Nc1ccccc1. The van der Waals surface area contributed by atoms with Gasteiger partial charge >= 0.3 is 0 Å². The molecule has 0 radical (unpaired) electrons. The van der Waals surface area contributed by atoms with Gasteiger partial charge in [-0.2, -0.15) is 5.26 Å². The molecule has 4 atom stereocenters. The molecule has 29 heavy (non-hydrogen) atoms. The van der Waals surface area contributed by atoms with Crippen molar-refractivity contribution in [3.63, 3.8) is 0 Å². The molecule has 0 aliphatic carbocycles. The summed E-state index contributed by atoms with van der Waals surface area (Å²) in [7, 11) is 0. The highest BCUT2D eigenvalue weighted by molar-refractivity contribution is 5.48. The van der Waals surface area contributed by atoms with E-state index in [-0.39, 0.29) is 18.0 Å². The third kappa shape index (κ3) is 3.30. The molecule has 3 aromatic rings. The number of rotatable bonds is 3. The van der Waals surface area contributed by atoms with E-state index in [4.69, 9.17) is 0 Å². The third-order valence-electron chi connectivity index (χ3n) is 6.48. The van der Waals surface area contributed by atoms with Gasteiger partial charge in [0.05, 0.1) is 24.1 Å². The predicted molar refractivity (Wildman–Crippen MR) is 117 cm³/mol. The van der Waals surface area contributed by atoms with Gasteiger partial charge in [-0.25, -0.2) is 0 Å². The highest BCUT2D eigenvalue weighted by Crippen LogP contribution is 2.45. The summed E-state index contributed by atoms with van der Waals surface area (Å²) in [5.74, 6) is 0.373. The summed E-state index contributed by atoms with van der Waals surface area (Å²) in [5, 5.41) is 13.6. The van der Waals surface area contributed by atoms with Gasteiger partial charge < -0.3 is 5.32 Å². The van der Waals surface area contributed by atoms with Gasteiger partial charge in [-0.1, -0.05) is 72.8 Å². The monoisotopic (exact) mass is 379 g/mol. The number of fused-ring (bicyclic) bond motifs is 3. The molecule has 0 aromatic heterocycles. The molecule has 0 bridgehead atoms. The van der Waals surface area contributed by atoms with E-state index in [1.165, 1.54) is 16.7 Å². The molecular formula is C26H25N3. The second-order valence-electron chi connectivity index (χ2n) is 8.09. The Morgan fingerprint density at radius 3 is 2.21 bits per heavy atom. The minimum atomic E-state index is -0.00205. The number of hydrogen-bond donors (Lipinski definition) is 1. The van der Waals surface area contributed by atoms with Crippen molar-refractivity contribution in [2.45, 2.75) is 24.4 Å². The number of hydrogen-bond acceptors (Lipinski definition) is 3. The number of anilines is 1. The Morgan fingerprint density at radius 2 is 1.48 bits per heavy atom. The van der Waals surface area contributed by atoms with Crippen molar-refractivity contribution in [1.29, 1.82) is 5.26 Å². The quantitative estimate of drug-likeness (QED) is 0.680. The van der Waals surface area contributed by atoms with Gasteiger partial charge in [-0.05, 0) is 35.2 Å². The van der Waals surface area contributed by atoms with Gasteiger partial charge in [0.1, 0.15) is 0 Å². The van der Waals surface area contributed by atoms with Crippen LogP contribution in [-0.4, -0.2) is 24.0 Å². The molecule has 2 aliphatic heterocycles. The summed E-state index contributed by atoms with van der Waals surface area (Å²) in [5.41, 5.74) is 5.22. The van der Waals surface area contributed by atoms with Crippen LogP contribution in [0, 0.1) is 17.2 Å². The maximum absolute atomic E-state index is 9.90. The zero-order chi connectivity index (χ0) is 19.6. The summed E-state index contributed by atoms with van der Waals surface area (Å²) in [4.78, 5) is 2.59. The molecule has 3 aromatic carbocycles. The first-order valence-corrected chi connectivity index (χ1v) is 10.4. The molecule has 0 amide bonds. The van der Waals surface area contributed by atoms with Crippen molar-refractivity contribution in [2.75, 3.05) is 18.4 Å². The maximum atomic E-state index is 9.90. The van der Waals surface area contributed by atoms with Crippen molar-refractivity contribution >= 4 is 5.69 Å². The Bertz CT molecular complexity index is 1010. The van der Waals surface area contributed by atoms with Crippen LogP contribution in [-0.2, 0) is 0 Å². The van der Waals surface area contributed by atoms with Crippen LogP contribution >= 0.6 is 0 Å². The van der Waals surface area contributed by atoms with E-state index in [1.54, 1.807) is 0 Å². The van der Waals surface area contributed by atoms with Crippen LogP contribution in [0.3, 0.4) is 0 Å². The lowest BCUT2D eigenvalue weighted by molar-refractivity contribution is 0.0989. The van der Waals surface area contributed by atoms with Crippen LogP contribution in [0.1, 0.15) is 35.1 Å². The molecule has 2 aliphatic rings. The first-order valence-electron chi connectivity index (χ1n) is 10.4. The van der Waals surface area contributed by atoms with Crippen molar-refractivity contribution < 1.29 is 0 Å². The number of piperidine rings is 1. The molecule has 2 heterocycles. The molecule has 0 spiro atoms. The Labute approximate surface area is 172 Å². The predicted octanol–water partition coefficient (Wildman–Crippen LogP) is 5.20. The lowest BCUT2D eigenvalue weighted by Gasteiger charge is -2.49. The van der Waals surface area contributed by atoms with Gasteiger partial charge in [-0.15, -0.1) is 0 Å². The molecule has 0 saturated carbocycles. The maximum Gasteiger partial charge on any atom is 0.0695 e. The van der Waals surface area contributed by atoms with E-state index in [9.17, 15) is 5.26 Å². The molecule has 3 heteroatoms. The average Bonchev–Trinajstić information content (AvgIpc) is 2.80. The molecule has 4 unspecified atom stereocenters. The van der Waals surface area contributed by atoms with Crippen LogP contribution < -0.4 is 5.32 Å². The van der Waals surface area contributed by atoms with Crippen molar-refractivity contribution in [3.05, 3.63) is 102 Å². The smallest absolute Gasteiger partial charge is 0.0695 e. The molecule has 3 nitrogen and oxygen atoms in total. The lowest BCUT2D eigenvalue weighted by Crippen LogP contribution is -2.53. The van der Waals surface area contributed by atoms with E-state index in [0.717, 1.165) is 25.2 Å². The normalized spacial score (nSPS) is 26.0. The zero-order valence-electron chi connectivity index (χ0n) is 16.4. The first-order chi connectivity index (χ1) is 14.3. The highest BCUT2D eigenvalue weighted by atomic mass is 15.2. The zero-order valence-corrected chi connectivity index (χ0v) is 16.4. The number of nitriles is 1. The highest BCUT2D eigenvalue weighted by Gasteiger charge is 2.44. The number of nitrogens with one attached hydrogen (secondary N) is 1. The Hall–Kier alpha value is -3.09. The third-order valence-corrected chi connectivity index (χ3v) is 6.48.